The first kappa shape index (κ1) is 22.7. The van der Waals surface area contributed by atoms with Crippen LogP contribution in [0.2, 0.25) is 0 Å². The van der Waals surface area contributed by atoms with Gasteiger partial charge in [0.15, 0.2) is 5.16 Å². The van der Waals surface area contributed by atoms with Crippen LogP contribution in [0, 0.1) is 12.8 Å². The number of hydrogen-bond donors (Lipinski definition) is 1. The van der Waals surface area contributed by atoms with Crippen LogP contribution in [-0.2, 0) is 4.79 Å². The van der Waals surface area contributed by atoms with Gasteiger partial charge in [-0.2, -0.15) is 0 Å². The molecule has 0 fully saturated rings. The molecular formula is C26H26N4O2S. The second kappa shape index (κ2) is 10.0. The van der Waals surface area contributed by atoms with E-state index >= 15 is 0 Å². The Morgan fingerprint density at radius 3 is 2.45 bits per heavy atom. The molecule has 33 heavy (non-hydrogen) atoms. The summed E-state index contributed by atoms with van der Waals surface area (Å²) in [5, 5.41) is 4.08. The van der Waals surface area contributed by atoms with Crippen LogP contribution in [-0.4, -0.2) is 26.2 Å². The summed E-state index contributed by atoms with van der Waals surface area (Å²) in [4.78, 5) is 35.3. The average molecular weight is 459 g/mol. The van der Waals surface area contributed by atoms with Crippen LogP contribution >= 0.6 is 11.8 Å². The Hall–Kier alpha value is -3.45. The fourth-order valence-electron chi connectivity index (χ4n) is 3.64. The molecule has 2 heterocycles. The molecule has 0 saturated heterocycles. The number of carbonyl (C=O) groups is 1. The first-order valence-electron chi connectivity index (χ1n) is 10.9. The van der Waals surface area contributed by atoms with E-state index in [-0.39, 0.29) is 29.2 Å². The Morgan fingerprint density at radius 1 is 1.03 bits per heavy atom. The molecule has 6 nitrogen and oxygen atoms in total. The standard InChI is InChI=1S/C26H26N4O2S/c1-17(2)24(19-9-5-4-6-10-19)29-23(31)16-33-26-28-21-12-8-7-11-20(21)25(32)30(26)22-14-13-18(3)15-27-22/h4-15,17,24H,16H2,1-3H3,(H,29,31). The fourth-order valence-corrected chi connectivity index (χ4v) is 4.46. The largest absolute Gasteiger partial charge is 0.348 e. The van der Waals surface area contributed by atoms with E-state index in [1.165, 1.54) is 16.3 Å². The highest BCUT2D eigenvalue weighted by Crippen LogP contribution is 2.23. The number of aromatic nitrogens is 3. The number of pyridine rings is 1. The van der Waals surface area contributed by atoms with Crippen molar-refractivity contribution in [3.05, 3.63) is 94.4 Å². The van der Waals surface area contributed by atoms with Crippen LogP contribution in [0.15, 0.2) is 82.9 Å². The van der Waals surface area contributed by atoms with Crippen LogP contribution < -0.4 is 10.9 Å². The van der Waals surface area contributed by atoms with Crippen molar-refractivity contribution in [2.75, 3.05) is 5.75 Å². The lowest BCUT2D eigenvalue weighted by Gasteiger charge is -2.23. The van der Waals surface area contributed by atoms with E-state index in [1.54, 1.807) is 24.4 Å². The molecule has 1 amide bonds. The Labute approximate surface area is 197 Å². The number of para-hydroxylation sites is 1. The topological polar surface area (TPSA) is 76.9 Å². The highest BCUT2D eigenvalue weighted by Gasteiger charge is 2.20. The summed E-state index contributed by atoms with van der Waals surface area (Å²) in [6.07, 6.45) is 1.71. The quantitative estimate of drug-likeness (QED) is 0.321. The predicted octanol–water partition coefficient (Wildman–Crippen LogP) is 4.69. The summed E-state index contributed by atoms with van der Waals surface area (Å²) in [6.45, 7) is 6.10. The molecule has 0 saturated carbocycles. The van der Waals surface area contributed by atoms with Gasteiger partial charge >= 0.3 is 0 Å². The number of fused-ring (bicyclic) bond motifs is 1. The van der Waals surface area contributed by atoms with Crippen molar-refractivity contribution < 1.29 is 4.79 Å². The van der Waals surface area contributed by atoms with Gasteiger partial charge < -0.3 is 5.32 Å². The summed E-state index contributed by atoms with van der Waals surface area (Å²) in [5.74, 6) is 0.728. The van der Waals surface area contributed by atoms with E-state index in [4.69, 9.17) is 0 Å². The van der Waals surface area contributed by atoms with Crippen molar-refractivity contribution >= 4 is 28.6 Å². The molecule has 0 radical (unpaired) electrons. The van der Waals surface area contributed by atoms with Crippen molar-refractivity contribution in [3.63, 3.8) is 0 Å². The van der Waals surface area contributed by atoms with E-state index in [0.29, 0.717) is 21.9 Å². The van der Waals surface area contributed by atoms with E-state index in [1.807, 2.05) is 55.5 Å². The lowest BCUT2D eigenvalue weighted by Crippen LogP contribution is -2.33. The van der Waals surface area contributed by atoms with Gasteiger partial charge in [-0.3, -0.25) is 9.59 Å². The number of amides is 1. The van der Waals surface area contributed by atoms with Crippen molar-refractivity contribution in [1.82, 2.24) is 19.9 Å². The maximum atomic E-state index is 13.3. The van der Waals surface area contributed by atoms with E-state index in [2.05, 4.69) is 29.1 Å². The lowest BCUT2D eigenvalue weighted by atomic mass is 9.96. The molecule has 7 heteroatoms. The Kier molecular flexibility index (Phi) is 6.89. The van der Waals surface area contributed by atoms with Gasteiger partial charge in [0.2, 0.25) is 5.91 Å². The number of nitrogens with one attached hydrogen (secondary N) is 1. The van der Waals surface area contributed by atoms with Gasteiger partial charge in [0.1, 0.15) is 5.82 Å². The van der Waals surface area contributed by atoms with Gasteiger partial charge in [0.05, 0.1) is 22.7 Å². The molecule has 0 aliphatic rings. The SMILES string of the molecule is Cc1ccc(-n2c(SCC(=O)NC(c3ccccc3)C(C)C)nc3ccccc3c2=O)nc1. The molecule has 4 aromatic rings. The van der Waals surface area contributed by atoms with Crippen molar-refractivity contribution in [3.8, 4) is 5.82 Å². The fraction of sp³-hybridized carbons (Fsp3) is 0.231. The minimum Gasteiger partial charge on any atom is -0.348 e. The summed E-state index contributed by atoms with van der Waals surface area (Å²) in [6, 6.07) is 20.8. The first-order valence-corrected chi connectivity index (χ1v) is 11.8. The Balaban J connectivity index is 1.63. The first-order chi connectivity index (χ1) is 15.9. The second-order valence-electron chi connectivity index (χ2n) is 8.23. The number of carbonyl (C=O) groups excluding carboxylic acids is 1. The predicted molar refractivity (Wildman–Crippen MR) is 133 cm³/mol. The molecule has 1 N–H and O–H groups in total. The summed E-state index contributed by atoms with van der Waals surface area (Å²) < 4.78 is 1.48. The molecule has 0 bridgehead atoms. The van der Waals surface area contributed by atoms with Crippen molar-refractivity contribution in [2.45, 2.75) is 32.0 Å². The zero-order valence-electron chi connectivity index (χ0n) is 18.9. The molecule has 2 aromatic carbocycles. The molecule has 1 unspecified atom stereocenters. The van der Waals surface area contributed by atoms with E-state index in [0.717, 1.165) is 11.1 Å². The lowest BCUT2D eigenvalue weighted by molar-refractivity contribution is -0.119. The summed E-state index contributed by atoms with van der Waals surface area (Å²) in [5.41, 5.74) is 2.45. The normalized spacial score (nSPS) is 12.1. The zero-order chi connectivity index (χ0) is 23.4. The maximum Gasteiger partial charge on any atom is 0.267 e. The number of nitrogens with zero attached hydrogens (tertiary/aromatic N) is 3. The van der Waals surface area contributed by atoms with E-state index < -0.39 is 0 Å². The smallest absolute Gasteiger partial charge is 0.267 e. The third-order valence-electron chi connectivity index (χ3n) is 5.34. The minimum absolute atomic E-state index is 0.0928. The van der Waals surface area contributed by atoms with Gasteiger partial charge in [0, 0.05) is 6.20 Å². The van der Waals surface area contributed by atoms with Gasteiger partial charge in [-0.15, -0.1) is 0 Å². The number of hydrogen-bond acceptors (Lipinski definition) is 5. The van der Waals surface area contributed by atoms with Crippen LogP contribution in [0.25, 0.3) is 16.7 Å². The van der Waals surface area contributed by atoms with Crippen molar-refractivity contribution in [2.24, 2.45) is 5.92 Å². The second-order valence-corrected chi connectivity index (χ2v) is 9.18. The minimum atomic E-state index is -0.204. The number of thioether (sulfide) groups is 1. The highest BCUT2D eigenvalue weighted by molar-refractivity contribution is 7.99. The molecular weight excluding hydrogens is 432 g/mol. The zero-order valence-corrected chi connectivity index (χ0v) is 19.7. The van der Waals surface area contributed by atoms with Crippen molar-refractivity contribution in [1.29, 1.82) is 0 Å². The molecule has 0 spiro atoms. The number of aryl methyl sites for hydroxylation is 1. The van der Waals surface area contributed by atoms with Crippen LogP contribution in [0.4, 0.5) is 0 Å². The molecule has 1 atom stereocenters. The van der Waals surface area contributed by atoms with Gasteiger partial charge in [0.25, 0.3) is 5.56 Å². The molecule has 168 valence electrons. The summed E-state index contributed by atoms with van der Waals surface area (Å²) in [7, 11) is 0. The highest BCUT2D eigenvalue weighted by atomic mass is 32.2. The third kappa shape index (κ3) is 5.14. The number of benzene rings is 2. The van der Waals surface area contributed by atoms with Gasteiger partial charge in [-0.1, -0.05) is 74.1 Å². The van der Waals surface area contributed by atoms with E-state index in [9.17, 15) is 9.59 Å². The Bertz CT molecular complexity index is 1320. The molecule has 0 aliphatic carbocycles. The number of rotatable bonds is 7. The monoisotopic (exact) mass is 458 g/mol. The molecule has 2 aromatic heterocycles. The summed E-state index contributed by atoms with van der Waals surface area (Å²) >= 11 is 1.23. The average Bonchev–Trinajstić information content (AvgIpc) is 2.82. The maximum absolute atomic E-state index is 13.3. The molecule has 4 rings (SSSR count). The Morgan fingerprint density at radius 2 is 1.76 bits per heavy atom. The van der Waals surface area contributed by atoms with Gasteiger partial charge in [-0.25, -0.2) is 14.5 Å². The van der Waals surface area contributed by atoms with Crippen LogP contribution in [0.1, 0.15) is 31.0 Å². The third-order valence-corrected chi connectivity index (χ3v) is 6.28. The van der Waals surface area contributed by atoms with Crippen LogP contribution in [0.3, 0.4) is 0 Å². The molecule has 0 aliphatic heterocycles. The van der Waals surface area contributed by atoms with Gasteiger partial charge in [-0.05, 0) is 42.2 Å². The van der Waals surface area contributed by atoms with Crippen LogP contribution in [0.5, 0.6) is 0 Å².